The van der Waals surface area contributed by atoms with E-state index in [2.05, 4.69) is 41.1 Å². The Morgan fingerprint density at radius 1 is 1.20 bits per heavy atom. The van der Waals surface area contributed by atoms with Gasteiger partial charge in [0.15, 0.2) is 0 Å². The highest BCUT2D eigenvalue weighted by Gasteiger charge is 2.22. The smallest absolute Gasteiger partial charge is 0.407 e. The number of amides is 3. The molecule has 2 heterocycles. The monoisotopic (exact) mass is 567 g/mol. The van der Waals surface area contributed by atoms with Crippen LogP contribution in [0.1, 0.15) is 44.9 Å². The normalized spacial score (nSPS) is 12.4. The Balaban J connectivity index is 1.79. The number of hydrogen-bond donors (Lipinski definition) is 3. The zero-order valence-corrected chi connectivity index (χ0v) is 24.3. The summed E-state index contributed by atoms with van der Waals surface area (Å²) in [6, 6.07) is 6.89. The Morgan fingerprint density at radius 2 is 1.93 bits per heavy atom. The summed E-state index contributed by atoms with van der Waals surface area (Å²) >= 11 is 0. The van der Waals surface area contributed by atoms with Gasteiger partial charge in [0.25, 0.3) is 5.56 Å². The van der Waals surface area contributed by atoms with Gasteiger partial charge >= 0.3 is 6.09 Å². The van der Waals surface area contributed by atoms with Crippen LogP contribution in [0.2, 0.25) is 0 Å². The Labute approximate surface area is 238 Å². The molecule has 2 aromatic heterocycles. The molecule has 0 spiro atoms. The zero-order chi connectivity index (χ0) is 30.3. The Hall–Kier alpha value is -4.41. The number of aromatic amines is 1. The first kappa shape index (κ1) is 31.1. The molecule has 1 unspecified atom stereocenters. The van der Waals surface area contributed by atoms with E-state index in [1.165, 1.54) is 40.9 Å². The van der Waals surface area contributed by atoms with Gasteiger partial charge < -0.3 is 29.8 Å². The maximum absolute atomic E-state index is 14.3. The third-order valence-electron chi connectivity index (χ3n) is 6.29. The van der Waals surface area contributed by atoms with Crippen molar-refractivity contribution in [3.05, 3.63) is 76.1 Å². The number of nitrogens with one attached hydrogen (secondary N) is 3. The maximum Gasteiger partial charge on any atom is 0.407 e. The first-order valence-corrected chi connectivity index (χ1v) is 13.3. The van der Waals surface area contributed by atoms with Gasteiger partial charge in [-0.3, -0.25) is 14.4 Å². The van der Waals surface area contributed by atoms with Crippen molar-refractivity contribution in [2.75, 3.05) is 26.5 Å². The summed E-state index contributed by atoms with van der Waals surface area (Å²) in [5.41, 5.74) is 1.92. The molecule has 220 valence electrons. The summed E-state index contributed by atoms with van der Waals surface area (Å²) in [5, 5.41) is 5.78. The second-order valence-electron chi connectivity index (χ2n) is 11.3. The third-order valence-corrected chi connectivity index (χ3v) is 6.29. The van der Waals surface area contributed by atoms with Gasteiger partial charge in [-0.1, -0.05) is 26.8 Å². The van der Waals surface area contributed by atoms with Crippen LogP contribution in [0.25, 0.3) is 10.9 Å². The molecule has 3 N–H and O–H groups in total. The number of aromatic nitrogens is 2. The maximum atomic E-state index is 14.3. The van der Waals surface area contributed by atoms with E-state index >= 15 is 0 Å². The number of allylic oxidation sites excluding steroid dienone is 1. The van der Waals surface area contributed by atoms with Crippen LogP contribution in [0.3, 0.4) is 0 Å². The Bertz CT molecular complexity index is 1500. The summed E-state index contributed by atoms with van der Waals surface area (Å²) in [4.78, 5) is 54.6. The fourth-order valence-corrected chi connectivity index (χ4v) is 4.36. The Morgan fingerprint density at radius 3 is 2.59 bits per heavy atom. The van der Waals surface area contributed by atoms with Gasteiger partial charge in [-0.2, -0.15) is 0 Å². The first-order valence-electron chi connectivity index (χ1n) is 13.3. The lowest BCUT2D eigenvalue weighted by molar-refractivity contribution is -0.123. The molecule has 0 aliphatic heterocycles. The molecule has 3 amide bonds. The first-order chi connectivity index (χ1) is 19.3. The number of nitrogens with zero attached hydrogens (tertiary/aromatic N) is 2. The molecule has 0 fully saturated rings. The van der Waals surface area contributed by atoms with Gasteiger partial charge in [0.2, 0.25) is 11.8 Å². The van der Waals surface area contributed by atoms with Gasteiger partial charge in [0, 0.05) is 36.9 Å². The van der Waals surface area contributed by atoms with Crippen molar-refractivity contribution < 1.29 is 23.5 Å². The van der Waals surface area contributed by atoms with Crippen molar-refractivity contribution in [3.8, 4) is 0 Å². The van der Waals surface area contributed by atoms with Crippen molar-refractivity contribution in [2.45, 2.75) is 52.6 Å². The lowest BCUT2D eigenvalue weighted by atomic mass is 9.87. The minimum Gasteiger partial charge on any atom is -0.453 e. The van der Waals surface area contributed by atoms with E-state index < -0.39 is 23.6 Å². The molecule has 0 saturated heterocycles. The molecule has 1 atom stereocenters. The zero-order valence-electron chi connectivity index (χ0n) is 24.3. The number of methoxy groups -OCH3 is 1. The fraction of sp³-hybridized carbons (Fsp3) is 0.400. The molecule has 0 aliphatic carbocycles. The molecule has 3 aromatic rings. The number of fused-ring (bicyclic) bond motifs is 1. The number of benzene rings is 1. The van der Waals surface area contributed by atoms with Crippen LogP contribution < -0.4 is 16.2 Å². The number of H-pyrrole nitrogens is 1. The summed E-state index contributed by atoms with van der Waals surface area (Å²) in [5.74, 6) is -1.13. The molecular formula is C30H38FN5O5. The second-order valence-corrected chi connectivity index (χ2v) is 11.3. The van der Waals surface area contributed by atoms with Gasteiger partial charge in [0.05, 0.1) is 13.7 Å². The highest BCUT2D eigenvalue weighted by Crippen LogP contribution is 2.28. The van der Waals surface area contributed by atoms with E-state index in [0.29, 0.717) is 18.5 Å². The number of likely N-dealkylation sites (N-methyl/N-ethyl adjacent to an activating group) is 1. The van der Waals surface area contributed by atoms with Gasteiger partial charge in [0.1, 0.15) is 17.5 Å². The lowest BCUT2D eigenvalue weighted by Gasteiger charge is -2.18. The number of carbonyl (C=O) groups excluding carboxylic acids is 3. The van der Waals surface area contributed by atoms with Crippen LogP contribution in [0.15, 0.2) is 53.5 Å². The average Bonchev–Trinajstić information content (AvgIpc) is 3.29. The number of pyridine rings is 1. The lowest BCUT2D eigenvalue weighted by Crippen LogP contribution is -2.44. The predicted molar refractivity (Wildman–Crippen MR) is 156 cm³/mol. The highest BCUT2D eigenvalue weighted by atomic mass is 19.1. The summed E-state index contributed by atoms with van der Waals surface area (Å²) in [6.45, 7) is 6.42. The molecule has 11 heteroatoms. The molecule has 3 rings (SSSR count). The molecule has 0 bridgehead atoms. The highest BCUT2D eigenvalue weighted by molar-refractivity contribution is 5.96. The van der Waals surface area contributed by atoms with Crippen LogP contribution in [0, 0.1) is 11.2 Å². The van der Waals surface area contributed by atoms with Crippen LogP contribution in [-0.2, 0) is 27.3 Å². The van der Waals surface area contributed by atoms with Crippen molar-refractivity contribution >= 4 is 34.5 Å². The van der Waals surface area contributed by atoms with E-state index in [0.717, 1.165) is 16.5 Å². The van der Waals surface area contributed by atoms with E-state index in [9.17, 15) is 23.6 Å². The van der Waals surface area contributed by atoms with Gasteiger partial charge in [-0.15, -0.1) is 0 Å². The van der Waals surface area contributed by atoms with Gasteiger partial charge in [-0.25, -0.2) is 9.18 Å². The van der Waals surface area contributed by atoms with Crippen LogP contribution in [0.5, 0.6) is 0 Å². The van der Waals surface area contributed by atoms with Crippen molar-refractivity contribution in [2.24, 2.45) is 5.41 Å². The molecular weight excluding hydrogens is 529 g/mol. The molecule has 0 radical (unpaired) electrons. The number of hydrogen-bond acceptors (Lipinski definition) is 5. The van der Waals surface area contributed by atoms with E-state index in [4.69, 9.17) is 0 Å². The average molecular weight is 568 g/mol. The largest absolute Gasteiger partial charge is 0.453 e. The summed E-state index contributed by atoms with van der Waals surface area (Å²) < 4.78 is 20.4. The second kappa shape index (κ2) is 13.3. The number of ether oxygens (including phenoxy) is 1. The fourth-order valence-electron chi connectivity index (χ4n) is 4.36. The number of anilines is 1. The standard InChI is InChI=1S/C30H38FN5O5/c1-30(2,3)17-20-15-21(31)14-19-16-22(32-26(19)20)18-36-13-9-11-24(28(36)39)33-27(38)23(34-29(40)41-6)10-7-8-12-25(37)35(4)5/h8-9,11-16,23,32H,7,10,17-18H2,1-6H3,(H,33,38)(H,34,40)/b12-8+. The number of halogens is 1. The minimum atomic E-state index is -1.01. The summed E-state index contributed by atoms with van der Waals surface area (Å²) in [7, 11) is 4.42. The van der Waals surface area contributed by atoms with Crippen LogP contribution in [0.4, 0.5) is 14.9 Å². The number of rotatable bonds is 10. The molecule has 0 saturated carbocycles. The molecule has 10 nitrogen and oxygen atoms in total. The predicted octanol–water partition coefficient (Wildman–Crippen LogP) is 4.19. The van der Waals surface area contributed by atoms with E-state index in [1.807, 2.05) is 6.07 Å². The number of alkyl carbamates (subject to hydrolysis) is 1. The minimum absolute atomic E-state index is 0.0306. The quantitative estimate of drug-likeness (QED) is 0.317. The van der Waals surface area contributed by atoms with Crippen LogP contribution >= 0.6 is 0 Å². The molecule has 1 aromatic carbocycles. The number of carbonyl (C=O) groups is 3. The Kier molecular flexibility index (Phi) is 10.1. The van der Waals surface area contributed by atoms with E-state index in [-0.39, 0.29) is 35.8 Å². The van der Waals surface area contributed by atoms with Gasteiger partial charge in [-0.05, 0) is 66.6 Å². The molecule has 41 heavy (non-hydrogen) atoms. The SMILES string of the molecule is COC(=O)NC(CC/C=C/C(=O)N(C)C)C(=O)Nc1cccn(Cc2cc3cc(F)cc(CC(C)(C)C)c3[nH]2)c1=O. The van der Waals surface area contributed by atoms with Crippen LogP contribution in [-0.4, -0.2) is 59.6 Å². The summed E-state index contributed by atoms with van der Waals surface area (Å²) in [6.07, 6.45) is 4.94. The van der Waals surface area contributed by atoms with Crippen molar-refractivity contribution in [3.63, 3.8) is 0 Å². The molecule has 0 aliphatic rings. The van der Waals surface area contributed by atoms with E-state index in [1.54, 1.807) is 32.4 Å². The topological polar surface area (TPSA) is 126 Å². The van der Waals surface area contributed by atoms with Crippen molar-refractivity contribution in [1.82, 2.24) is 19.8 Å². The third kappa shape index (κ3) is 8.79. The van der Waals surface area contributed by atoms with Crippen molar-refractivity contribution in [1.29, 1.82) is 0 Å².